The summed E-state index contributed by atoms with van der Waals surface area (Å²) in [6, 6.07) is 3.73. The molecule has 170 valence electrons. The average Bonchev–Trinajstić information content (AvgIpc) is 3.38. The van der Waals surface area contributed by atoms with Crippen LogP contribution in [0.3, 0.4) is 0 Å². The Labute approximate surface area is 190 Å². The zero-order valence-corrected chi connectivity index (χ0v) is 19.1. The molecular formula is C23H27FN4O3S. The number of allylic oxidation sites excluding steroid dienone is 1. The fraction of sp³-hybridized carbons (Fsp3) is 0.391. The summed E-state index contributed by atoms with van der Waals surface area (Å²) in [6.07, 6.45) is 7.46. The molecule has 1 aliphatic rings. The van der Waals surface area contributed by atoms with E-state index in [9.17, 15) is 4.39 Å². The minimum Gasteiger partial charge on any atom is -0.481 e. The summed E-state index contributed by atoms with van der Waals surface area (Å²) >= 11 is 1.51. The van der Waals surface area contributed by atoms with Gasteiger partial charge in [-0.3, -0.25) is 4.98 Å². The van der Waals surface area contributed by atoms with Gasteiger partial charge in [0.1, 0.15) is 11.6 Å². The van der Waals surface area contributed by atoms with Crippen molar-refractivity contribution in [3.05, 3.63) is 54.5 Å². The molecule has 0 radical (unpaired) electrons. The average molecular weight is 459 g/mol. The van der Waals surface area contributed by atoms with E-state index in [1.165, 1.54) is 17.4 Å². The molecule has 2 N–H and O–H groups in total. The van der Waals surface area contributed by atoms with Crippen LogP contribution in [0.2, 0.25) is 0 Å². The van der Waals surface area contributed by atoms with Crippen LogP contribution in [0, 0.1) is 5.92 Å². The number of aromatic nitrogens is 3. The fourth-order valence-corrected chi connectivity index (χ4v) is 4.68. The number of rotatable bonds is 9. The van der Waals surface area contributed by atoms with E-state index in [1.807, 2.05) is 37.6 Å². The van der Waals surface area contributed by atoms with Gasteiger partial charge in [0.25, 0.3) is 0 Å². The van der Waals surface area contributed by atoms with E-state index in [1.54, 1.807) is 24.7 Å². The maximum atomic E-state index is 14.5. The minimum absolute atomic E-state index is 0.179. The van der Waals surface area contributed by atoms with Crippen molar-refractivity contribution in [3.8, 4) is 16.3 Å². The standard InChI is InChI=1S/C23H27FN4O3S/c1-4-29-21(30-5-2)12-28-11-18(27-13-28)20-10-17-23(32-20)19(6-7-26-17)31-22-14(3)8-15(25)9-16(22)24/h6-11,13-14,21-22H,4-5,12,25H2,1-3H3. The molecule has 0 aliphatic heterocycles. The number of fused-ring (bicyclic) bond motifs is 1. The molecule has 32 heavy (non-hydrogen) atoms. The van der Waals surface area contributed by atoms with Gasteiger partial charge in [0.05, 0.1) is 33.7 Å². The minimum atomic E-state index is -0.716. The lowest BCUT2D eigenvalue weighted by Gasteiger charge is -2.25. The van der Waals surface area contributed by atoms with Crippen molar-refractivity contribution in [2.45, 2.75) is 39.7 Å². The first-order chi connectivity index (χ1) is 15.5. The smallest absolute Gasteiger partial charge is 0.175 e. The number of imidazole rings is 1. The van der Waals surface area contributed by atoms with Crippen LogP contribution in [0.4, 0.5) is 4.39 Å². The molecule has 7 nitrogen and oxygen atoms in total. The first-order valence-corrected chi connectivity index (χ1v) is 11.4. The molecule has 0 amide bonds. The monoisotopic (exact) mass is 458 g/mol. The molecule has 3 aromatic rings. The Morgan fingerprint density at radius 2 is 2.03 bits per heavy atom. The summed E-state index contributed by atoms with van der Waals surface area (Å²) in [4.78, 5) is 9.93. The van der Waals surface area contributed by atoms with Gasteiger partial charge in [-0.05, 0) is 26.0 Å². The van der Waals surface area contributed by atoms with Crippen LogP contribution in [-0.4, -0.2) is 40.1 Å². The van der Waals surface area contributed by atoms with Crippen LogP contribution in [-0.2, 0) is 16.0 Å². The maximum Gasteiger partial charge on any atom is 0.175 e. The fourth-order valence-electron chi connectivity index (χ4n) is 3.65. The molecule has 0 bridgehead atoms. The van der Waals surface area contributed by atoms with E-state index in [4.69, 9.17) is 19.9 Å². The third-order valence-electron chi connectivity index (χ3n) is 5.09. The molecular weight excluding hydrogens is 431 g/mol. The Morgan fingerprint density at radius 3 is 2.75 bits per heavy atom. The van der Waals surface area contributed by atoms with Gasteiger partial charge in [0.15, 0.2) is 12.4 Å². The lowest BCUT2D eigenvalue weighted by molar-refractivity contribution is -0.143. The molecule has 0 aromatic carbocycles. The Balaban J connectivity index is 1.56. The van der Waals surface area contributed by atoms with Gasteiger partial charge in [0.2, 0.25) is 0 Å². The highest BCUT2D eigenvalue weighted by Crippen LogP contribution is 2.38. The van der Waals surface area contributed by atoms with Crippen LogP contribution in [0.5, 0.6) is 5.75 Å². The van der Waals surface area contributed by atoms with E-state index in [0.717, 1.165) is 20.8 Å². The largest absolute Gasteiger partial charge is 0.481 e. The zero-order chi connectivity index (χ0) is 22.7. The van der Waals surface area contributed by atoms with Gasteiger partial charge in [-0.15, -0.1) is 11.3 Å². The summed E-state index contributed by atoms with van der Waals surface area (Å²) in [5.41, 5.74) is 7.77. The summed E-state index contributed by atoms with van der Waals surface area (Å²) < 4.78 is 34.6. The molecule has 1 aliphatic carbocycles. The Bertz CT molecular complexity index is 1130. The molecule has 4 rings (SSSR count). The van der Waals surface area contributed by atoms with Crippen LogP contribution >= 0.6 is 11.3 Å². The van der Waals surface area contributed by atoms with Crippen molar-refractivity contribution in [3.63, 3.8) is 0 Å². The SMILES string of the molecule is CCOC(Cn1cnc(-c2cc3nccc(OC4C(F)=CC(N)=CC4C)c3s2)c1)OCC. The number of nitrogens with two attached hydrogens (primary N) is 1. The van der Waals surface area contributed by atoms with E-state index in [2.05, 4.69) is 9.97 Å². The predicted molar refractivity (Wildman–Crippen MR) is 123 cm³/mol. The molecule has 2 atom stereocenters. The normalized spacial score (nSPS) is 18.8. The van der Waals surface area contributed by atoms with E-state index < -0.39 is 6.10 Å². The van der Waals surface area contributed by atoms with Gasteiger partial charge in [-0.2, -0.15) is 0 Å². The lowest BCUT2D eigenvalue weighted by Crippen LogP contribution is -2.28. The van der Waals surface area contributed by atoms with E-state index >= 15 is 0 Å². The number of halogens is 1. The Kier molecular flexibility index (Phi) is 6.88. The van der Waals surface area contributed by atoms with E-state index in [0.29, 0.717) is 31.2 Å². The van der Waals surface area contributed by atoms with Crippen molar-refractivity contribution in [1.82, 2.24) is 14.5 Å². The molecule has 3 heterocycles. The molecule has 0 spiro atoms. The van der Waals surface area contributed by atoms with Crippen LogP contribution in [0.1, 0.15) is 20.8 Å². The van der Waals surface area contributed by atoms with Crippen molar-refractivity contribution in [1.29, 1.82) is 0 Å². The highest BCUT2D eigenvalue weighted by Gasteiger charge is 2.27. The highest BCUT2D eigenvalue weighted by molar-refractivity contribution is 7.22. The highest BCUT2D eigenvalue weighted by atomic mass is 32.1. The summed E-state index contributed by atoms with van der Waals surface area (Å²) in [7, 11) is 0. The molecule has 2 unspecified atom stereocenters. The van der Waals surface area contributed by atoms with Crippen molar-refractivity contribution >= 4 is 21.6 Å². The number of hydrogen-bond acceptors (Lipinski definition) is 7. The van der Waals surface area contributed by atoms with Crippen LogP contribution in [0.15, 0.2) is 54.5 Å². The summed E-state index contributed by atoms with van der Waals surface area (Å²) in [6.45, 7) is 7.47. The third-order valence-corrected chi connectivity index (χ3v) is 6.25. The quantitative estimate of drug-likeness (QED) is 0.470. The second-order valence-corrected chi connectivity index (χ2v) is 8.58. The van der Waals surface area contributed by atoms with E-state index in [-0.39, 0.29) is 18.0 Å². The second-order valence-electron chi connectivity index (χ2n) is 7.52. The molecule has 0 saturated carbocycles. The van der Waals surface area contributed by atoms with Crippen LogP contribution < -0.4 is 10.5 Å². The molecule has 9 heteroatoms. The maximum absolute atomic E-state index is 14.5. The number of hydrogen-bond donors (Lipinski definition) is 1. The Morgan fingerprint density at radius 1 is 1.25 bits per heavy atom. The molecule has 3 aromatic heterocycles. The zero-order valence-electron chi connectivity index (χ0n) is 18.3. The number of ether oxygens (including phenoxy) is 3. The second kappa shape index (κ2) is 9.81. The molecule has 0 saturated heterocycles. The van der Waals surface area contributed by atoms with Gasteiger partial charge >= 0.3 is 0 Å². The summed E-state index contributed by atoms with van der Waals surface area (Å²) in [5, 5.41) is 0. The van der Waals surface area contributed by atoms with Crippen LogP contribution in [0.25, 0.3) is 20.8 Å². The van der Waals surface area contributed by atoms with Crippen molar-refractivity contribution in [2.24, 2.45) is 11.7 Å². The first kappa shape index (κ1) is 22.4. The first-order valence-electron chi connectivity index (χ1n) is 10.6. The molecule has 0 fully saturated rings. The topological polar surface area (TPSA) is 84.4 Å². The number of pyridine rings is 1. The third kappa shape index (κ3) is 4.85. The van der Waals surface area contributed by atoms with Gasteiger partial charge in [-0.25, -0.2) is 9.37 Å². The van der Waals surface area contributed by atoms with Gasteiger partial charge in [0, 0.05) is 43.3 Å². The number of nitrogens with zero attached hydrogens (tertiary/aromatic N) is 3. The van der Waals surface area contributed by atoms with Crippen molar-refractivity contribution < 1.29 is 18.6 Å². The predicted octanol–water partition coefficient (Wildman–Crippen LogP) is 4.65. The van der Waals surface area contributed by atoms with Crippen molar-refractivity contribution in [2.75, 3.05) is 13.2 Å². The summed E-state index contributed by atoms with van der Waals surface area (Å²) in [5.74, 6) is 0.0332. The lowest BCUT2D eigenvalue weighted by atomic mass is 9.97. The van der Waals surface area contributed by atoms with Gasteiger partial charge in [-0.1, -0.05) is 13.0 Å². The Hall–Kier alpha value is -2.75. The number of thiophene rings is 1. The van der Waals surface area contributed by atoms with Gasteiger partial charge < -0.3 is 24.5 Å².